The normalized spacial score (nSPS) is 14.4. The smallest absolute Gasteiger partial charge is 0.239 e. The lowest BCUT2D eigenvalue weighted by Gasteiger charge is -2.15. The summed E-state index contributed by atoms with van der Waals surface area (Å²) in [6.07, 6.45) is 4.36. The Hall–Kier alpha value is -1.38. The van der Waals surface area contributed by atoms with Crippen LogP contribution in [-0.2, 0) is 29.1 Å². The SMILES string of the molecule is CC(C)[C@H](N)C(=O)NCC(=O)NCc1nnc2n1CCCCC2.Cl.Cl. The third kappa shape index (κ3) is 6.80. The Kier molecular flexibility index (Phi) is 10.7. The second kappa shape index (κ2) is 11.3. The number of halogens is 2. The molecule has 2 heterocycles. The number of hydrogen-bond acceptors (Lipinski definition) is 5. The standard InChI is InChI=1S/C15H26N6O2.2ClH/c1-10(2)14(16)15(23)18-9-13(22)17-8-12-20-19-11-6-4-3-5-7-21(11)12;;/h10,14H,3-9,16H2,1-2H3,(H,17,22)(H,18,23);2*1H/t14-;;/m0../s1. The average Bonchev–Trinajstić information content (AvgIpc) is 2.76. The van der Waals surface area contributed by atoms with Crippen LogP contribution in [0.15, 0.2) is 0 Å². The summed E-state index contributed by atoms with van der Waals surface area (Å²) in [5.74, 6) is 1.21. The summed E-state index contributed by atoms with van der Waals surface area (Å²) in [5.41, 5.74) is 5.72. The zero-order valence-electron chi connectivity index (χ0n) is 14.7. The molecule has 10 heteroatoms. The van der Waals surface area contributed by atoms with Crippen molar-refractivity contribution >= 4 is 36.6 Å². The molecule has 1 aliphatic rings. The molecule has 25 heavy (non-hydrogen) atoms. The van der Waals surface area contributed by atoms with Gasteiger partial charge in [-0.2, -0.15) is 0 Å². The maximum atomic E-state index is 11.8. The number of aryl methyl sites for hydroxylation is 1. The van der Waals surface area contributed by atoms with Crippen LogP contribution in [0.4, 0.5) is 0 Å². The third-order valence-corrected chi connectivity index (χ3v) is 4.07. The molecular weight excluding hydrogens is 367 g/mol. The fourth-order valence-electron chi connectivity index (χ4n) is 2.50. The van der Waals surface area contributed by atoms with E-state index in [0.29, 0.717) is 6.54 Å². The first-order chi connectivity index (χ1) is 11.0. The van der Waals surface area contributed by atoms with Gasteiger partial charge in [-0.05, 0) is 18.8 Å². The molecule has 2 amide bonds. The Balaban J connectivity index is 0.00000288. The van der Waals surface area contributed by atoms with E-state index in [4.69, 9.17) is 5.73 Å². The van der Waals surface area contributed by atoms with Gasteiger partial charge in [-0.15, -0.1) is 35.0 Å². The third-order valence-electron chi connectivity index (χ3n) is 4.07. The first-order valence-corrected chi connectivity index (χ1v) is 8.20. The summed E-state index contributed by atoms with van der Waals surface area (Å²) >= 11 is 0. The molecule has 1 aromatic rings. The second-order valence-corrected chi connectivity index (χ2v) is 6.26. The Bertz CT molecular complexity index is 564. The van der Waals surface area contributed by atoms with Crippen LogP contribution in [0, 0.1) is 5.92 Å². The van der Waals surface area contributed by atoms with Gasteiger partial charge in [-0.1, -0.05) is 20.3 Å². The van der Waals surface area contributed by atoms with Crippen LogP contribution in [0.5, 0.6) is 0 Å². The van der Waals surface area contributed by atoms with E-state index in [1.54, 1.807) is 0 Å². The highest BCUT2D eigenvalue weighted by molar-refractivity contribution is 5.87. The molecule has 1 atom stereocenters. The highest BCUT2D eigenvalue weighted by atomic mass is 35.5. The Morgan fingerprint density at radius 3 is 2.56 bits per heavy atom. The van der Waals surface area contributed by atoms with E-state index in [1.807, 2.05) is 13.8 Å². The van der Waals surface area contributed by atoms with Crippen molar-refractivity contribution < 1.29 is 9.59 Å². The Morgan fingerprint density at radius 1 is 1.16 bits per heavy atom. The van der Waals surface area contributed by atoms with Crippen LogP contribution >= 0.6 is 24.8 Å². The van der Waals surface area contributed by atoms with Gasteiger partial charge in [0.05, 0.1) is 19.1 Å². The number of nitrogens with one attached hydrogen (secondary N) is 2. The lowest BCUT2D eigenvalue weighted by atomic mass is 10.1. The number of nitrogens with two attached hydrogens (primary N) is 1. The van der Waals surface area contributed by atoms with Gasteiger partial charge < -0.3 is 20.9 Å². The highest BCUT2D eigenvalue weighted by Gasteiger charge is 2.18. The van der Waals surface area contributed by atoms with E-state index < -0.39 is 6.04 Å². The Morgan fingerprint density at radius 2 is 1.88 bits per heavy atom. The van der Waals surface area contributed by atoms with E-state index in [0.717, 1.165) is 37.5 Å². The van der Waals surface area contributed by atoms with Crippen LogP contribution in [-0.4, -0.2) is 39.2 Å². The van der Waals surface area contributed by atoms with E-state index in [1.165, 1.54) is 6.42 Å². The maximum absolute atomic E-state index is 11.8. The van der Waals surface area contributed by atoms with E-state index in [9.17, 15) is 9.59 Å². The predicted octanol–water partition coefficient (Wildman–Crippen LogP) is 0.564. The number of hydrogen-bond donors (Lipinski definition) is 3. The molecule has 0 fully saturated rings. The van der Waals surface area contributed by atoms with Crippen molar-refractivity contribution in [1.29, 1.82) is 0 Å². The minimum atomic E-state index is -0.602. The van der Waals surface area contributed by atoms with Crippen molar-refractivity contribution in [2.75, 3.05) is 6.54 Å². The van der Waals surface area contributed by atoms with Gasteiger partial charge in [-0.25, -0.2) is 0 Å². The van der Waals surface area contributed by atoms with E-state index >= 15 is 0 Å². The minimum Gasteiger partial charge on any atom is -0.347 e. The molecule has 2 rings (SSSR count). The van der Waals surface area contributed by atoms with Crippen LogP contribution in [0.25, 0.3) is 0 Å². The summed E-state index contributed by atoms with van der Waals surface area (Å²) in [7, 11) is 0. The molecule has 0 bridgehead atoms. The Labute approximate surface area is 160 Å². The molecule has 144 valence electrons. The number of carbonyl (C=O) groups excluding carboxylic acids is 2. The van der Waals surface area contributed by atoms with Crippen molar-refractivity contribution in [3.8, 4) is 0 Å². The largest absolute Gasteiger partial charge is 0.347 e. The van der Waals surface area contributed by atoms with Crippen LogP contribution in [0.2, 0.25) is 0 Å². The van der Waals surface area contributed by atoms with E-state index in [-0.39, 0.29) is 49.1 Å². The highest BCUT2D eigenvalue weighted by Crippen LogP contribution is 2.14. The molecule has 0 saturated heterocycles. The molecule has 1 aromatic heterocycles. The first-order valence-electron chi connectivity index (χ1n) is 8.20. The van der Waals surface area contributed by atoms with Gasteiger partial charge in [0.15, 0.2) is 5.82 Å². The minimum absolute atomic E-state index is 0. The number of amides is 2. The van der Waals surface area contributed by atoms with Crippen LogP contribution in [0.3, 0.4) is 0 Å². The fraction of sp³-hybridized carbons (Fsp3) is 0.733. The van der Waals surface area contributed by atoms with Gasteiger partial charge in [-0.3, -0.25) is 9.59 Å². The fourth-order valence-corrected chi connectivity index (χ4v) is 2.50. The van der Waals surface area contributed by atoms with Crippen LogP contribution in [0.1, 0.15) is 44.8 Å². The molecular formula is C15H28Cl2N6O2. The monoisotopic (exact) mass is 394 g/mol. The maximum Gasteiger partial charge on any atom is 0.239 e. The summed E-state index contributed by atoms with van der Waals surface area (Å²) in [6.45, 7) is 4.86. The molecule has 0 saturated carbocycles. The number of aromatic nitrogens is 3. The lowest BCUT2D eigenvalue weighted by molar-refractivity contribution is -0.127. The molecule has 8 nitrogen and oxygen atoms in total. The average molecular weight is 395 g/mol. The summed E-state index contributed by atoms with van der Waals surface area (Å²) in [5, 5.41) is 13.6. The summed E-state index contributed by atoms with van der Waals surface area (Å²) < 4.78 is 2.08. The molecule has 0 aliphatic carbocycles. The predicted molar refractivity (Wildman–Crippen MR) is 99.7 cm³/mol. The molecule has 0 unspecified atom stereocenters. The summed E-state index contributed by atoms with van der Waals surface area (Å²) in [4.78, 5) is 23.6. The molecule has 4 N–H and O–H groups in total. The molecule has 1 aliphatic heterocycles. The van der Waals surface area contributed by atoms with E-state index in [2.05, 4.69) is 25.4 Å². The van der Waals surface area contributed by atoms with Crippen molar-refractivity contribution in [2.24, 2.45) is 11.7 Å². The van der Waals surface area contributed by atoms with Gasteiger partial charge in [0.25, 0.3) is 0 Å². The lowest BCUT2D eigenvalue weighted by Crippen LogP contribution is -2.47. The second-order valence-electron chi connectivity index (χ2n) is 6.26. The number of fused-ring (bicyclic) bond motifs is 1. The number of rotatable bonds is 6. The molecule has 0 radical (unpaired) electrons. The van der Waals surface area contributed by atoms with Gasteiger partial charge in [0.1, 0.15) is 5.82 Å². The van der Waals surface area contributed by atoms with Gasteiger partial charge >= 0.3 is 0 Å². The number of nitrogens with zero attached hydrogens (tertiary/aromatic N) is 3. The van der Waals surface area contributed by atoms with Gasteiger partial charge in [0.2, 0.25) is 11.8 Å². The van der Waals surface area contributed by atoms with Crippen molar-refractivity contribution in [2.45, 2.75) is 58.7 Å². The summed E-state index contributed by atoms with van der Waals surface area (Å²) in [6, 6.07) is -0.602. The molecule has 0 aromatic carbocycles. The van der Waals surface area contributed by atoms with Crippen LogP contribution < -0.4 is 16.4 Å². The molecule has 0 spiro atoms. The first kappa shape index (κ1) is 23.6. The van der Waals surface area contributed by atoms with Crippen molar-refractivity contribution in [1.82, 2.24) is 25.4 Å². The van der Waals surface area contributed by atoms with Crippen molar-refractivity contribution in [3.05, 3.63) is 11.6 Å². The quantitative estimate of drug-likeness (QED) is 0.651. The van der Waals surface area contributed by atoms with Gasteiger partial charge in [0, 0.05) is 13.0 Å². The topological polar surface area (TPSA) is 115 Å². The zero-order valence-corrected chi connectivity index (χ0v) is 16.3. The zero-order chi connectivity index (χ0) is 16.8. The number of carbonyl (C=O) groups is 2. The van der Waals surface area contributed by atoms with Crippen molar-refractivity contribution in [3.63, 3.8) is 0 Å².